The van der Waals surface area contributed by atoms with E-state index in [1.54, 1.807) is 42.5 Å². The first kappa shape index (κ1) is 23.1. The summed E-state index contributed by atoms with van der Waals surface area (Å²) in [6, 6.07) is 19.1. The Bertz CT molecular complexity index is 1180. The molecular formula is C24H21FN4O4. The predicted octanol–water partition coefficient (Wildman–Crippen LogP) is 3.24. The summed E-state index contributed by atoms with van der Waals surface area (Å²) < 4.78 is 18.5. The molecule has 0 aliphatic rings. The van der Waals surface area contributed by atoms with Crippen LogP contribution in [0.4, 0.5) is 15.8 Å². The van der Waals surface area contributed by atoms with E-state index in [0.29, 0.717) is 22.7 Å². The standard InChI is InChI=1S/C24H21FN4O4/c1-16-5-4-7-20(13-16)28-23(31)24(32)29-26-14-17-6-2-3-8-21(17)33-15-22(30)27-19-11-9-18(25)10-12-19/h2-14H,15H2,1H3,(H,27,30)(H,28,31)(H,29,32). The van der Waals surface area contributed by atoms with E-state index in [1.165, 1.54) is 30.5 Å². The van der Waals surface area contributed by atoms with Gasteiger partial charge in [-0.2, -0.15) is 5.10 Å². The van der Waals surface area contributed by atoms with Gasteiger partial charge in [-0.05, 0) is 61.0 Å². The van der Waals surface area contributed by atoms with Crippen LogP contribution in [0.15, 0.2) is 77.9 Å². The number of halogens is 1. The number of para-hydroxylation sites is 1. The number of nitrogens with zero attached hydrogens (tertiary/aromatic N) is 1. The summed E-state index contributed by atoms with van der Waals surface area (Å²) in [5, 5.41) is 8.85. The Morgan fingerprint density at radius 3 is 2.42 bits per heavy atom. The van der Waals surface area contributed by atoms with Crippen LogP contribution in [0.5, 0.6) is 5.75 Å². The zero-order valence-electron chi connectivity index (χ0n) is 17.7. The molecule has 3 amide bonds. The third-order valence-corrected chi connectivity index (χ3v) is 4.26. The van der Waals surface area contributed by atoms with Crippen LogP contribution >= 0.6 is 0 Å². The van der Waals surface area contributed by atoms with Crippen molar-refractivity contribution in [1.29, 1.82) is 0 Å². The van der Waals surface area contributed by atoms with Crippen molar-refractivity contribution >= 4 is 35.3 Å². The van der Waals surface area contributed by atoms with E-state index >= 15 is 0 Å². The molecule has 0 saturated heterocycles. The molecular weight excluding hydrogens is 427 g/mol. The van der Waals surface area contributed by atoms with Crippen LogP contribution in [-0.4, -0.2) is 30.5 Å². The fourth-order valence-electron chi connectivity index (χ4n) is 2.71. The molecule has 0 aliphatic carbocycles. The topological polar surface area (TPSA) is 109 Å². The second-order valence-corrected chi connectivity index (χ2v) is 6.90. The zero-order valence-corrected chi connectivity index (χ0v) is 17.7. The number of hydrogen-bond donors (Lipinski definition) is 3. The minimum atomic E-state index is -0.940. The molecule has 168 valence electrons. The SMILES string of the molecule is Cc1cccc(NC(=O)C(=O)NN=Cc2ccccc2OCC(=O)Nc2ccc(F)cc2)c1. The van der Waals surface area contributed by atoms with Crippen LogP contribution in [0.3, 0.4) is 0 Å². The number of hydrogen-bond acceptors (Lipinski definition) is 5. The van der Waals surface area contributed by atoms with Gasteiger partial charge in [0.2, 0.25) is 0 Å². The van der Waals surface area contributed by atoms with Gasteiger partial charge in [0.15, 0.2) is 6.61 Å². The largest absolute Gasteiger partial charge is 0.483 e. The van der Waals surface area contributed by atoms with Gasteiger partial charge in [-0.1, -0.05) is 24.3 Å². The number of rotatable bonds is 7. The molecule has 0 unspecified atom stereocenters. The average molecular weight is 448 g/mol. The molecule has 3 aromatic rings. The van der Waals surface area contributed by atoms with E-state index < -0.39 is 23.5 Å². The molecule has 0 atom stereocenters. The molecule has 3 N–H and O–H groups in total. The fraction of sp³-hybridized carbons (Fsp3) is 0.0833. The molecule has 33 heavy (non-hydrogen) atoms. The van der Waals surface area contributed by atoms with Gasteiger partial charge in [0.05, 0.1) is 6.21 Å². The molecule has 0 fully saturated rings. The summed E-state index contributed by atoms with van der Waals surface area (Å²) in [5.41, 5.74) is 4.50. The second-order valence-electron chi connectivity index (χ2n) is 6.90. The summed E-state index contributed by atoms with van der Waals surface area (Å²) >= 11 is 0. The lowest BCUT2D eigenvalue weighted by Crippen LogP contribution is -2.32. The third kappa shape index (κ3) is 7.28. The maximum absolute atomic E-state index is 12.9. The quantitative estimate of drug-likeness (QED) is 0.293. The van der Waals surface area contributed by atoms with Gasteiger partial charge in [0, 0.05) is 16.9 Å². The van der Waals surface area contributed by atoms with E-state index in [4.69, 9.17) is 4.74 Å². The molecule has 0 saturated carbocycles. The fourth-order valence-corrected chi connectivity index (χ4v) is 2.71. The highest BCUT2D eigenvalue weighted by atomic mass is 19.1. The van der Waals surface area contributed by atoms with Crippen molar-refractivity contribution in [2.45, 2.75) is 6.92 Å². The Hall–Kier alpha value is -4.53. The Morgan fingerprint density at radius 1 is 0.909 bits per heavy atom. The maximum atomic E-state index is 12.9. The van der Waals surface area contributed by atoms with Gasteiger partial charge < -0.3 is 15.4 Å². The minimum Gasteiger partial charge on any atom is -0.483 e. The molecule has 0 heterocycles. The van der Waals surface area contributed by atoms with Crippen molar-refractivity contribution in [1.82, 2.24) is 5.43 Å². The highest BCUT2D eigenvalue weighted by molar-refractivity contribution is 6.39. The predicted molar refractivity (Wildman–Crippen MR) is 123 cm³/mol. The number of carbonyl (C=O) groups excluding carboxylic acids is 3. The van der Waals surface area contributed by atoms with E-state index in [-0.39, 0.29) is 6.61 Å². The van der Waals surface area contributed by atoms with Crippen molar-refractivity contribution < 1.29 is 23.5 Å². The van der Waals surface area contributed by atoms with Crippen LogP contribution in [0.1, 0.15) is 11.1 Å². The smallest absolute Gasteiger partial charge is 0.329 e. The molecule has 0 radical (unpaired) electrons. The maximum Gasteiger partial charge on any atom is 0.329 e. The van der Waals surface area contributed by atoms with E-state index in [9.17, 15) is 18.8 Å². The van der Waals surface area contributed by atoms with Crippen LogP contribution in [-0.2, 0) is 14.4 Å². The summed E-state index contributed by atoms with van der Waals surface area (Å²) in [6.07, 6.45) is 1.30. The Morgan fingerprint density at radius 2 is 1.67 bits per heavy atom. The number of ether oxygens (including phenoxy) is 1. The molecule has 0 bridgehead atoms. The van der Waals surface area contributed by atoms with Crippen molar-refractivity contribution in [3.8, 4) is 5.75 Å². The molecule has 3 rings (SSSR count). The molecule has 0 spiro atoms. The number of anilines is 2. The van der Waals surface area contributed by atoms with Gasteiger partial charge in [0.25, 0.3) is 5.91 Å². The van der Waals surface area contributed by atoms with Gasteiger partial charge in [-0.15, -0.1) is 0 Å². The lowest BCUT2D eigenvalue weighted by atomic mass is 10.2. The highest BCUT2D eigenvalue weighted by Gasteiger charge is 2.13. The molecule has 9 heteroatoms. The third-order valence-electron chi connectivity index (χ3n) is 4.26. The van der Waals surface area contributed by atoms with E-state index in [1.807, 2.05) is 13.0 Å². The minimum absolute atomic E-state index is 0.298. The van der Waals surface area contributed by atoms with Crippen LogP contribution in [0.25, 0.3) is 0 Å². The van der Waals surface area contributed by atoms with Gasteiger partial charge in [-0.3, -0.25) is 14.4 Å². The van der Waals surface area contributed by atoms with Crippen molar-refractivity contribution in [3.05, 3.63) is 89.7 Å². The van der Waals surface area contributed by atoms with Crippen molar-refractivity contribution in [2.75, 3.05) is 17.2 Å². The van der Waals surface area contributed by atoms with E-state index in [0.717, 1.165) is 5.56 Å². The normalized spacial score (nSPS) is 10.5. The van der Waals surface area contributed by atoms with Gasteiger partial charge in [-0.25, -0.2) is 9.82 Å². The first-order valence-electron chi connectivity index (χ1n) is 9.89. The van der Waals surface area contributed by atoms with Crippen molar-refractivity contribution in [2.24, 2.45) is 5.10 Å². The lowest BCUT2D eigenvalue weighted by Gasteiger charge is -2.09. The number of nitrogens with one attached hydrogen (secondary N) is 3. The van der Waals surface area contributed by atoms with Crippen LogP contribution < -0.4 is 20.8 Å². The van der Waals surface area contributed by atoms with Crippen LogP contribution in [0.2, 0.25) is 0 Å². The Labute approximate surface area is 189 Å². The Kier molecular flexibility index (Phi) is 7.85. The first-order valence-corrected chi connectivity index (χ1v) is 9.89. The zero-order chi connectivity index (χ0) is 23.6. The lowest BCUT2D eigenvalue weighted by molar-refractivity contribution is -0.136. The summed E-state index contributed by atoms with van der Waals surface area (Å²) in [7, 11) is 0. The summed E-state index contributed by atoms with van der Waals surface area (Å²) in [6.45, 7) is 1.57. The molecule has 3 aromatic carbocycles. The van der Waals surface area contributed by atoms with Gasteiger partial charge in [0.1, 0.15) is 11.6 Å². The molecule has 0 aliphatic heterocycles. The number of amides is 3. The number of benzene rings is 3. The number of aryl methyl sites for hydroxylation is 1. The number of hydrazone groups is 1. The number of carbonyl (C=O) groups is 3. The molecule has 8 nitrogen and oxygen atoms in total. The molecule has 0 aromatic heterocycles. The van der Waals surface area contributed by atoms with Crippen LogP contribution in [0, 0.1) is 12.7 Å². The average Bonchev–Trinajstić information content (AvgIpc) is 2.80. The second kappa shape index (κ2) is 11.2. The first-order chi connectivity index (χ1) is 15.9. The summed E-state index contributed by atoms with van der Waals surface area (Å²) in [4.78, 5) is 36.0. The Balaban J connectivity index is 1.52. The monoisotopic (exact) mass is 448 g/mol. The highest BCUT2D eigenvalue weighted by Crippen LogP contribution is 2.16. The van der Waals surface area contributed by atoms with Crippen molar-refractivity contribution in [3.63, 3.8) is 0 Å². The van der Waals surface area contributed by atoms with Gasteiger partial charge >= 0.3 is 11.8 Å². The summed E-state index contributed by atoms with van der Waals surface area (Å²) in [5.74, 6) is -2.30. The van der Waals surface area contributed by atoms with E-state index in [2.05, 4.69) is 21.2 Å².